The maximum atomic E-state index is 6.13. The second-order valence-electron chi connectivity index (χ2n) is 5.57. The van der Waals surface area contributed by atoms with Crippen LogP contribution < -0.4 is 11.3 Å². The van der Waals surface area contributed by atoms with Crippen LogP contribution in [-0.4, -0.2) is 17.1 Å². The van der Waals surface area contributed by atoms with Crippen LogP contribution in [-0.2, 0) is 0 Å². The summed E-state index contributed by atoms with van der Waals surface area (Å²) in [5.74, 6) is 5.61. The van der Waals surface area contributed by atoms with E-state index in [0.29, 0.717) is 0 Å². The molecule has 0 aromatic heterocycles. The highest BCUT2D eigenvalue weighted by Gasteiger charge is 2.17. The molecule has 114 valence electrons. The number of allylic oxidation sites excluding steroid dienone is 5. The Kier molecular flexibility index (Phi) is 5.97. The summed E-state index contributed by atoms with van der Waals surface area (Å²) in [6, 6.07) is -0.0132. The van der Waals surface area contributed by atoms with Crippen molar-refractivity contribution in [2.24, 2.45) is 10.8 Å². The van der Waals surface area contributed by atoms with E-state index in [0.717, 1.165) is 49.1 Å². The van der Waals surface area contributed by atoms with Crippen molar-refractivity contribution in [3.63, 3.8) is 0 Å². The Morgan fingerprint density at radius 1 is 1.48 bits per heavy atom. The molecule has 4 heteroatoms. The SMILES string of the molecule is C=C(/N=C(/C1=CCCC=C1)C(C)NN)C1=CCC(Cl)CC1. The number of hydrazine groups is 1. The molecule has 0 aliphatic heterocycles. The number of alkyl halides is 1. The van der Waals surface area contributed by atoms with Crippen LogP contribution >= 0.6 is 11.6 Å². The number of nitrogens with zero attached hydrogens (tertiary/aromatic N) is 1. The molecule has 0 heterocycles. The number of hydrogen-bond donors (Lipinski definition) is 2. The molecule has 3 N–H and O–H groups in total. The van der Waals surface area contributed by atoms with E-state index in [1.165, 1.54) is 5.57 Å². The summed E-state index contributed by atoms with van der Waals surface area (Å²) in [4.78, 5) is 4.77. The number of nitrogens with one attached hydrogen (secondary N) is 1. The summed E-state index contributed by atoms with van der Waals surface area (Å²) in [5.41, 5.74) is 6.91. The van der Waals surface area contributed by atoms with Gasteiger partial charge in [0.25, 0.3) is 0 Å². The fraction of sp³-hybridized carbons (Fsp3) is 0.471. The minimum Gasteiger partial charge on any atom is -0.271 e. The van der Waals surface area contributed by atoms with Crippen molar-refractivity contribution in [3.05, 3.63) is 47.7 Å². The first kappa shape index (κ1) is 16.2. The zero-order valence-corrected chi connectivity index (χ0v) is 13.4. The fourth-order valence-electron chi connectivity index (χ4n) is 2.58. The van der Waals surface area contributed by atoms with Gasteiger partial charge in [-0.25, -0.2) is 0 Å². The lowest BCUT2D eigenvalue weighted by Gasteiger charge is -2.20. The Hall–Kier alpha value is -1.16. The van der Waals surface area contributed by atoms with Crippen LogP contribution in [0.25, 0.3) is 0 Å². The molecule has 0 saturated heterocycles. The second-order valence-corrected chi connectivity index (χ2v) is 6.19. The number of nitrogens with two attached hydrogens (primary N) is 1. The van der Waals surface area contributed by atoms with Gasteiger partial charge in [0.05, 0.1) is 17.5 Å². The van der Waals surface area contributed by atoms with Gasteiger partial charge in [-0.3, -0.25) is 16.3 Å². The molecule has 0 radical (unpaired) electrons. The number of aliphatic imine (C=N–C) groups is 1. The van der Waals surface area contributed by atoms with Crippen molar-refractivity contribution in [3.8, 4) is 0 Å². The molecule has 3 nitrogen and oxygen atoms in total. The molecule has 0 aromatic rings. The van der Waals surface area contributed by atoms with E-state index >= 15 is 0 Å². The number of halogens is 1. The van der Waals surface area contributed by atoms with E-state index < -0.39 is 0 Å². The Bertz CT molecular complexity index is 514. The minimum atomic E-state index is -0.0132. The topological polar surface area (TPSA) is 50.4 Å². The van der Waals surface area contributed by atoms with Crippen molar-refractivity contribution in [2.75, 3.05) is 0 Å². The Morgan fingerprint density at radius 2 is 2.29 bits per heavy atom. The number of hydrogen-bond acceptors (Lipinski definition) is 3. The zero-order valence-electron chi connectivity index (χ0n) is 12.6. The molecule has 2 aliphatic carbocycles. The van der Waals surface area contributed by atoms with Crippen molar-refractivity contribution in [1.29, 1.82) is 0 Å². The lowest BCUT2D eigenvalue weighted by Crippen LogP contribution is -2.39. The summed E-state index contributed by atoms with van der Waals surface area (Å²) < 4.78 is 0. The van der Waals surface area contributed by atoms with E-state index in [4.69, 9.17) is 22.4 Å². The molecule has 0 amide bonds. The van der Waals surface area contributed by atoms with Crippen molar-refractivity contribution in [2.45, 2.75) is 50.4 Å². The molecule has 2 atom stereocenters. The molecule has 0 spiro atoms. The molecular formula is C17H24ClN3. The fourth-order valence-corrected chi connectivity index (χ4v) is 2.77. The third kappa shape index (κ3) is 4.40. The smallest absolute Gasteiger partial charge is 0.0659 e. The monoisotopic (exact) mass is 305 g/mol. The lowest BCUT2D eigenvalue weighted by atomic mass is 9.96. The van der Waals surface area contributed by atoms with Crippen molar-refractivity contribution >= 4 is 17.3 Å². The maximum absolute atomic E-state index is 6.13. The summed E-state index contributed by atoms with van der Waals surface area (Å²) in [6.45, 7) is 6.15. The average Bonchev–Trinajstić information content (AvgIpc) is 2.53. The summed E-state index contributed by atoms with van der Waals surface area (Å²) in [7, 11) is 0. The molecule has 0 saturated carbocycles. The molecule has 0 bridgehead atoms. The van der Waals surface area contributed by atoms with Gasteiger partial charge in [-0.05, 0) is 50.2 Å². The van der Waals surface area contributed by atoms with Gasteiger partial charge in [-0.1, -0.05) is 30.9 Å². The highest BCUT2D eigenvalue weighted by atomic mass is 35.5. The van der Waals surface area contributed by atoms with Gasteiger partial charge in [0, 0.05) is 5.38 Å². The summed E-state index contributed by atoms with van der Waals surface area (Å²) >= 11 is 6.13. The molecule has 2 aliphatic rings. The van der Waals surface area contributed by atoms with Gasteiger partial charge in [0.15, 0.2) is 0 Å². The lowest BCUT2D eigenvalue weighted by molar-refractivity contribution is 0.694. The van der Waals surface area contributed by atoms with E-state index in [2.05, 4.69) is 36.3 Å². The normalized spacial score (nSPS) is 24.3. The van der Waals surface area contributed by atoms with Gasteiger partial charge in [0.1, 0.15) is 0 Å². The van der Waals surface area contributed by atoms with E-state index in [1.807, 2.05) is 6.92 Å². The molecular weight excluding hydrogens is 282 g/mol. The largest absolute Gasteiger partial charge is 0.271 e. The maximum Gasteiger partial charge on any atom is 0.0659 e. The van der Waals surface area contributed by atoms with Crippen LogP contribution in [0.2, 0.25) is 0 Å². The van der Waals surface area contributed by atoms with Crippen molar-refractivity contribution in [1.82, 2.24) is 5.43 Å². The zero-order chi connectivity index (χ0) is 15.2. The van der Waals surface area contributed by atoms with E-state index in [9.17, 15) is 0 Å². The third-order valence-corrected chi connectivity index (χ3v) is 4.32. The number of rotatable bonds is 5. The van der Waals surface area contributed by atoms with Gasteiger partial charge < -0.3 is 0 Å². The Balaban J connectivity index is 2.22. The Morgan fingerprint density at radius 3 is 2.86 bits per heavy atom. The average molecular weight is 306 g/mol. The standard InChI is InChI=1S/C17H24ClN3/c1-12(14-8-10-16(18)11-9-14)20-17(13(2)21-19)15-6-4-3-5-7-15/h4,6-8,13,16,21H,1,3,5,9-11,19H2,2H3/b20-17+. The van der Waals surface area contributed by atoms with Gasteiger partial charge in [-0.15, -0.1) is 11.6 Å². The second kappa shape index (κ2) is 7.74. The Labute approximate surface area is 132 Å². The van der Waals surface area contributed by atoms with Gasteiger partial charge in [-0.2, -0.15) is 0 Å². The quantitative estimate of drug-likeness (QED) is 0.351. The highest BCUT2D eigenvalue weighted by Crippen LogP contribution is 2.27. The summed E-state index contributed by atoms with van der Waals surface area (Å²) in [5, 5.41) is 0.249. The molecule has 2 rings (SSSR count). The molecule has 21 heavy (non-hydrogen) atoms. The van der Waals surface area contributed by atoms with Crippen LogP contribution in [0.3, 0.4) is 0 Å². The van der Waals surface area contributed by atoms with E-state index in [-0.39, 0.29) is 11.4 Å². The molecule has 0 aromatic carbocycles. The third-order valence-electron chi connectivity index (χ3n) is 3.92. The predicted octanol–water partition coefficient (Wildman–Crippen LogP) is 3.79. The summed E-state index contributed by atoms with van der Waals surface area (Å²) in [6.07, 6.45) is 13.6. The predicted molar refractivity (Wildman–Crippen MR) is 91.4 cm³/mol. The highest BCUT2D eigenvalue weighted by molar-refractivity contribution is 6.20. The van der Waals surface area contributed by atoms with Crippen LogP contribution in [0, 0.1) is 0 Å². The van der Waals surface area contributed by atoms with Gasteiger partial charge >= 0.3 is 0 Å². The van der Waals surface area contributed by atoms with Crippen molar-refractivity contribution < 1.29 is 0 Å². The first-order chi connectivity index (χ1) is 10.1. The first-order valence-corrected chi connectivity index (χ1v) is 7.99. The minimum absolute atomic E-state index is 0.0132. The molecule has 2 unspecified atom stereocenters. The molecule has 0 fully saturated rings. The van der Waals surface area contributed by atoms with Gasteiger partial charge in [0.2, 0.25) is 0 Å². The van der Waals surface area contributed by atoms with Crippen LogP contribution in [0.5, 0.6) is 0 Å². The first-order valence-electron chi connectivity index (χ1n) is 7.56. The van der Waals surface area contributed by atoms with Crippen LogP contribution in [0.1, 0.15) is 39.0 Å². The van der Waals surface area contributed by atoms with Crippen LogP contribution in [0.4, 0.5) is 0 Å². The van der Waals surface area contributed by atoms with Crippen LogP contribution in [0.15, 0.2) is 52.7 Å². The van der Waals surface area contributed by atoms with E-state index in [1.54, 1.807) is 0 Å².